The highest BCUT2D eigenvalue weighted by Gasteiger charge is 2.36. The summed E-state index contributed by atoms with van der Waals surface area (Å²) in [6.45, 7) is 2.32. The first-order valence-electron chi connectivity index (χ1n) is 8.08. The lowest BCUT2D eigenvalue weighted by molar-refractivity contribution is -0.122. The number of nitrogens with zero attached hydrogens (tertiary/aromatic N) is 1. The molecule has 4 nitrogen and oxygen atoms in total. The molecule has 0 saturated carbocycles. The summed E-state index contributed by atoms with van der Waals surface area (Å²) in [5.41, 5.74) is 7.16. The molecule has 2 aliphatic rings. The third-order valence-electron chi connectivity index (χ3n) is 4.84. The predicted octanol–water partition coefficient (Wildman–Crippen LogP) is 1.82. The monoisotopic (exact) mass is 287 g/mol. The molecule has 3 rings (SSSR count). The van der Waals surface area contributed by atoms with Crippen molar-refractivity contribution in [1.82, 2.24) is 10.2 Å². The van der Waals surface area contributed by atoms with Gasteiger partial charge in [-0.05, 0) is 31.4 Å². The zero-order valence-corrected chi connectivity index (χ0v) is 12.5. The van der Waals surface area contributed by atoms with Gasteiger partial charge in [0.2, 0.25) is 5.91 Å². The van der Waals surface area contributed by atoms with Gasteiger partial charge < -0.3 is 11.1 Å². The molecule has 0 bridgehead atoms. The Kier molecular flexibility index (Phi) is 4.56. The van der Waals surface area contributed by atoms with Crippen LogP contribution >= 0.6 is 0 Å². The van der Waals surface area contributed by atoms with Gasteiger partial charge in [-0.3, -0.25) is 9.69 Å². The number of nitrogens with two attached hydrogens (primary N) is 1. The molecular weight excluding hydrogens is 262 g/mol. The molecule has 1 aromatic carbocycles. The second-order valence-electron chi connectivity index (χ2n) is 6.28. The molecule has 3 atom stereocenters. The van der Waals surface area contributed by atoms with E-state index in [9.17, 15) is 4.79 Å². The van der Waals surface area contributed by atoms with Crippen molar-refractivity contribution in [1.29, 1.82) is 0 Å². The van der Waals surface area contributed by atoms with Crippen molar-refractivity contribution in [3.8, 4) is 0 Å². The van der Waals surface area contributed by atoms with Crippen molar-refractivity contribution in [2.75, 3.05) is 13.1 Å². The van der Waals surface area contributed by atoms with Crippen LogP contribution in [-0.4, -0.2) is 36.0 Å². The number of hydrogen-bond acceptors (Lipinski definition) is 3. The van der Waals surface area contributed by atoms with Gasteiger partial charge in [0, 0.05) is 31.1 Å². The van der Waals surface area contributed by atoms with Crippen LogP contribution in [0.1, 0.15) is 43.7 Å². The molecule has 21 heavy (non-hydrogen) atoms. The molecule has 3 N–H and O–H groups in total. The number of amides is 1. The van der Waals surface area contributed by atoms with Crippen LogP contribution in [0.2, 0.25) is 0 Å². The first-order chi connectivity index (χ1) is 10.2. The number of piperidine rings is 1. The van der Waals surface area contributed by atoms with Crippen LogP contribution in [0.5, 0.6) is 0 Å². The molecule has 3 unspecified atom stereocenters. The summed E-state index contributed by atoms with van der Waals surface area (Å²) in [6.07, 6.45) is 5.26. The van der Waals surface area contributed by atoms with E-state index in [1.165, 1.54) is 25.8 Å². The van der Waals surface area contributed by atoms with Crippen LogP contribution in [0.15, 0.2) is 30.3 Å². The fourth-order valence-corrected chi connectivity index (χ4v) is 3.70. The number of nitrogens with one attached hydrogen (secondary N) is 1. The van der Waals surface area contributed by atoms with Gasteiger partial charge in [0.15, 0.2) is 0 Å². The summed E-state index contributed by atoms with van der Waals surface area (Å²) >= 11 is 0. The third-order valence-corrected chi connectivity index (χ3v) is 4.84. The fourth-order valence-electron chi connectivity index (χ4n) is 3.70. The highest BCUT2D eigenvalue weighted by Crippen LogP contribution is 2.27. The number of carbonyl (C=O) groups excluding carboxylic acids is 1. The maximum atomic E-state index is 12.2. The van der Waals surface area contributed by atoms with E-state index in [1.54, 1.807) is 0 Å². The number of hydrogen-bond donors (Lipinski definition) is 2. The molecule has 2 fully saturated rings. The Morgan fingerprint density at radius 2 is 2.05 bits per heavy atom. The molecule has 0 spiro atoms. The summed E-state index contributed by atoms with van der Waals surface area (Å²) in [7, 11) is 0. The van der Waals surface area contributed by atoms with E-state index in [0.29, 0.717) is 18.5 Å². The Balaban J connectivity index is 1.52. The highest BCUT2D eigenvalue weighted by molar-refractivity contribution is 5.77. The maximum Gasteiger partial charge on any atom is 0.222 e. The van der Waals surface area contributed by atoms with Crippen LogP contribution in [0, 0.1) is 0 Å². The SMILES string of the molecule is NC(CC(=O)NC1CCN2CCCCC12)c1ccccc1. The molecule has 0 aliphatic carbocycles. The molecule has 2 aliphatic heterocycles. The van der Waals surface area contributed by atoms with E-state index in [4.69, 9.17) is 5.73 Å². The van der Waals surface area contributed by atoms with E-state index in [1.807, 2.05) is 30.3 Å². The minimum absolute atomic E-state index is 0.0868. The number of carbonyl (C=O) groups is 1. The average Bonchev–Trinajstić information content (AvgIpc) is 2.91. The van der Waals surface area contributed by atoms with Gasteiger partial charge in [0.1, 0.15) is 0 Å². The Morgan fingerprint density at radius 3 is 2.86 bits per heavy atom. The molecule has 4 heteroatoms. The zero-order chi connectivity index (χ0) is 14.7. The van der Waals surface area contributed by atoms with Gasteiger partial charge in [0.05, 0.1) is 0 Å². The standard InChI is InChI=1S/C17H25N3O/c18-14(13-6-2-1-3-7-13)12-17(21)19-15-9-11-20-10-5-4-8-16(15)20/h1-3,6-7,14-16H,4-5,8-12,18H2,(H,19,21). The lowest BCUT2D eigenvalue weighted by atomic mass is 9.98. The first kappa shape index (κ1) is 14.5. The predicted molar refractivity (Wildman–Crippen MR) is 83.7 cm³/mol. The fraction of sp³-hybridized carbons (Fsp3) is 0.588. The first-order valence-corrected chi connectivity index (χ1v) is 8.08. The summed E-state index contributed by atoms with van der Waals surface area (Å²) < 4.78 is 0. The van der Waals surface area contributed by atoms with Gasteiger partial charge in [0.25, 0.3) is 0 Å². The maximum absolute atomic E-state index is 12.2. The number of fused-ring (bicyclic) bond motifs is 1. The molecule has 114 valence electrons. The lowest BCUT2D eigenvalue weighted by Crippen LogP contribution is -2.47. The van der Waals surface area contributed by atoms with Crippen LogP contribution in [0.4, 0.5) is 0 Å². The molecule has 1 aromatic rings. The topological polar surface area (TPSA) is 58.4 Å². The largest absolute Gasteiger partial charge is 0.352 e. The second kappa shape index (κ2) is 6.58. The lowest BCUT2D eigenvalue weighted by Gasteiger charge is -2.32. The molecule has 1 amide bonds. The van der Waals surface area contributed by atoms with E-state index in [-0.39, 0.29) is 11.9 Å². The van der Waals surface area contributed by atoms with E-state index >= 15 is 0 Å². The zero-order valence-electron chi connectivity index (χ0n) is 12.5. The van der Waals surface area contributed by atoms with Gasteiger partial charge in [-0.25, -0.2) is 0 Å². The molecular formula is C17H25N3O. The Labute approximate surface area is 126 Å². The minimum Gasteiger partial charge on any atom is -0.352 e. The van der Waals surface area contributed by atoms with Crippen molar-refractivity contribution in [2.45, 2.75) is 50.2 Å². The average molecular weight is 287 g/mol. The van der Waals surface area contributed by atoms with E-state index in [2.05, 4.69) is 10.2 Å². The molecule has 0 aromatic heterocycles. The van der Waals surface area contributed by atoms with Crippen LogP contribution < -0.4 is 11.1 Å². The highest BCUT2D eigenvalue weighted by atomic mass is 16.1. The number of rotatable bonds is 4. The second-order valence-corrected chi connectivity index (χ2v) is 6.28. The summed E-state index contributed by atoms with van der Waals surface area (Å²) in [5.74, 6) is 0.0868. The van der Waals surface area contributed by atoms with Crippen molar-refractivity contribution in [3.05, 3.63) is 35.9 Å². The summed E-state index contributed by atoms with van der Waals surface area (Å²) in [5, 5.41) is 3.22. The van der Waals surface area contributed by atoms with Crippen LogP contribution in [0.25, 0.3) is 0 Å². The minimum atomic E-state index is -0.213. The summed E-state index contributed by atoms with van der Waals surface area (Å²) in [4.78, 5) is 14.8. The number of benzene rings is 1. The molecule has 2 saturated heterocycles. The molecule has 2 heterocycles. The van der Waals surface area contributed by atoms with E-state index in [0.717, 1.165) is 18.5 Å². The molecule has 0 radical (unpaired) electrons. The van der Waals surface area contributed by atoms with Gasteiger partial charge in [-0.15, -0.1) is 0 Å². The quantitative estimate of drug-likeness (QED) is 0.888. The normalized spacial score (nSPS) is 27.1. The van der Waals surface area contributed by atoms with Gasteiger partial charge in [-0.2, -0.15) is 0 Å². The van der Waals surface area contributed by atoms with Gasteiger partial charge in [-0.1, -0.05) is 36.8 Å². The smallest absolute Gasteiger partial charge is 0.222 e. The van der Waals surface area contributed by atoms with Crippen molar-refractivity contribution >= 4 is 5.91 Å². The van der Waals surface area contributed by atoms with Crippen LogP contribution in [-0.2, 0) is 4.79 Å². The Bertz CT molecular complexity index is 476. The van der Waals surface area contributed by atoms with E-state index < -0.39 is 0 Å². The van der Waals surface area contributed by atoms with Crippen LogP contribution in [0.3, 0.4) is 0 Å². The van der Waals surface area contributed by atoms with Gasteiger partial charge >= 0.3 is 0 Å². The summed E-state index contributed by atoms with van der Waals surface area (Å²) in [6, 6.07) is 10.5. The Morgan fingerprint density at radius 1 is 1.24 bits per heavy atom. The van der Waals surface area contributed by atoms with Crippen molar-refractivity contribution in [2.24, 2.45) is 5.73 Å². The Hall–Kier alpha value is -1.39. The van der Waals surface area contributed by atoms with Crippen molar-refractivity contribution < 1.29 is 4.79 Å². The third kappa shape index (κ3) is 3.44. The van der Waals surface area contributed by atoms with Crippen molar-refractivity contribution in [3.63, 3.8) is 0 Å².